The molecular weight excluding hydrogens is 276 g/mol. The Hall–Kier alpha value is -0.800. The molecule has 1 aromatic heterocycles. The number of hydrogen-bond acceptors (Lipinski definition) is 3. The van der Waals surface area contributed by atoms with Crippen molar-refractivity contribution in [1.82, 2.24) is 4.98 Å². The van der Waals surface area contributed by atoms with Crippen molar-refractivity contribution in [3.05, 3.63) is 23.2 Å². The fourth-order valence-corrected chi connectivity index (χ4v) is 4.21. The lowest BCUT2D eigenvalue weighted by atomic mass is 9.83. The summed E-state index contributed by atoms with van der Waals surface area (Å²) in [6, 6.07) is 6.49. The third-order valence-corrected chi connectivity index (χ3v) is 5.28. The maximum absolute atomic E-state index is 6.02. The molecule has 2 unspecified atom stereocenters. The molecule has 1 aromatic carbocycles. The molecule has 19 heavy (non-hydrogen) atoms. The minimum absolute atomic E-state index is 0.592. The summed E-state index contributed by atoms with van der Waals surface area (Å²) in [4.78, 5) is 4.67. The second kappa shape index (κ2) is 5.68. The van der Waals surface area contributed by atoms with E-state index in [4.69, 9.17) is 11.6 Å². The number of thiazole rings is 1. The number of benzene rings is 1. The molecule has 2 aromatic rings. The number of aromatic nitrogens is 1. The molecule has 0 saturated heterocycles. The Morgan fingerprint density at radius 1 is 1.37 bits per heavy atom. The first-order valence-electron chi connectivity index (χ1n) is 7.09. The zero-order valence-electron chi connectivity index (χ0n) is 11.2. The van der Waals surface area contributed by atoms with Crippen LogP contribution in [0.25, 0.3) is 10.2 Å². The highest BCUT2D eigenvalue weighted by Gasteiger charge is 2.24. The molecule has 1 saturated carbocycles. The van der Waals surface area contributed by atoms with Gasteiger partial charge in [-0.15, -0.1) is 0 Å². The van der Waals surface area contributed by atoms with Crippen LogP contribution in [-0.4, -0.2) is 11.0 Å². The largest absolute Gasteiger partial charge is 0.358 e. The average molecular weight is 295 g/mol. The second-order valence-electron chi connectivity index (χ2n) is 5.33. The maximum atomic E-state index is 6.02. The number of rotatable bonds is 3. The molecule has 1 aliphatic carbocycles. The van der Waals surface area contributed by atoms with Gasteiger partial charge >= 0.3 is 0 Å². The number of hydrogen-bond donors (Lipinski definition) is 1. The smallest absolute Gasteiger partial charge is 0.184 e. The first-order chi connectivity index (χ1) is 9.26. The van der Waals surface area contributed by atoms with E-state index in [9.17, 15) is 0 Å². The third-order valence-electron chi connectivity index (χ3n) is 4.09. The number of fused-ring (bicyclic) bond motifs is 1. The molecule has 1 heterocycles. The third kappa shape index (κ3) is 2.87. The fourth-order valence-electron chi connectivity index (χ4n) is 3.01. The van der Waals surface area contributed by atoms with Gasteiger partial charge in [-0.05, 0) is 37.0 Å². The molecule has 0 amide bonds. The molecule has 3 rings (SSSR count). The molecule has 1 aliphatic rings. The van der Waals surface area contributed by atoms with Gasteiger partial charge in [0.1, 0.15) is 0 Å². The van der Waals surface area contributed by atoms with Crippen LogP contribution in [0.3, 0.4) is 0 Å². The van der Waals surface area contributed by atoms with Crippen LogP contribution in [0.2, 0.25) is 5.02 Å². The number of halogens is 1. The van der Waals surface area contributed by atoms with Crippen molar-refractivity contribution in [3.63, 3.8) is 0 Å². The Morgan fingerprint density at radius 3 is 3.05 bits per heavy atom. The Kier molecular flexibility index (Phi) is 3.94. The van der Waals surface area contributed by atoms with E-state index in [0.29, 0.717) is 6.04 Å². The van der Waals surface area contributed by atoms with Crippen LogP contribution in [0.1, 0.15) is 39.0 Å². The predicted molar refractivity (Wildman–Crippen MR) is 84.3 cm³/mol. The Morgan fingerprint density at radius 2 is 2.21 bits per heavy atom. The summed E-state index contributed by atoms with van der Waals surface area (Å²) in [5, 5.41) is 5.48. The molecular formula is C15H19ClN2S. The quantitative estimate of drug-likeness (QED) is 0.827. The van der Waals surface area contributed by atoms with Crippen molar-refractivity contribution in [1.29, 1.82) is 0 Å². The summed E-state index contributed by atoms with van der Waals surface area (Å²) in [5.74, 6) is 0.796. The van der Waals surface area contributed by atoms with Gasteiger partial charge in [0.25, 0.3) is 0 Å². The van der Waals surface area contributed by atoms with Crippen molar-refractivity contribution < 1.29 is 0 Å². The van der Waals surface area contributed by atoms with Crippen LogP contribution >= 0.6 is 22.9 Å². The van der Waals surface area contributed by atoms with Gasteiger partial charge in [-0.25, -0.2) is 4.98 Å². The number of nitrogens with zero attached hydrogens (tertiary/aromatic N) is 1. The van der Waals surface area contributed by atoms with Gasteiger partial charge in [0.05, 0.1) is 10.2 Å². The van der Waals surface area contributed by atoms with E-state index in [2.05, 4.69) is 17.2 Å². The van der Waals surface area contributed by atoms with E-state index >= 15 is 0 Å². The topological polar surface area (TPSA) is 24.9 Å². The van der Waals surface area contributed by atoms with Crippen LogP contribution in [0, 0.1) is 5.92 Å². The van der Waals surface area contributed by atoms with Crippen LogP contribution in [0.4, 0.5) is 5.13 Å². The molecule has 0 bridgehead atoms. The molecule has 0 radical (unpaired) electrons. The molecule has 0 aliphatic heterocycles. The van der Waals surface area contributed by atoms with Gasteiger partial charge in [-0.1, -0.05) is 49.1 Å². The van der Waals surface area contributed by atoms with E-state index in [1.54, 1.807) is 11.3 Å². The van der Waals surface area contributed by atoms with Crippen LogP contribution in [-0.2, 0) is 0 Å². The molecule has 102 valence electrons. The van der Waals surface area contributed by atoms with Gasteiger partial charge < -0.3 is 5.32 Å². The average Bonchev–Trinajstić information content (AvgIpc) is 2.80. The van der Waals surface area contributed by atoms with Gasteiger partial charge in [0, 0.05) is 11.1 Å². The van der Waals surface area contributed by atoms with Crippen LogP contribution in [0.15, 0.2) is 18.2 Å². The van der Waals surface area contributed by atoms with Crippen molar-refractivity contribution in [3.8, 4) is 0 Å². The summed E-state index contributed by atoms with van der Waals surface area (Å²) in [7, 11) is 0. The van der Waals surface area contributed by atoms with Gasteiger partial charge in [0.2, 0.25) is 0 Å². The van der Waals surface area contributed by atoms with Crippen LogP contribution < -0.4 is 5.32 Å². The van der Waals surface area contributed by atoms with Crippen molar-refractivity contribution in [2.45, 2.75) is 45.1 Å². The van der Waals surface area contributed by atoms with E-state index < -0.39 is 0 Å². The lowest BCUT2D eigenvalue weighted by Gasteiger charge is -2.31. The molecule has 1 fully saturated rings. The molecule has 2 atom stereocenters. The van der Waals surface area contributed by atoms with E-state index in [1.807, 2.05) is 18.2 Å². The lowest BCUT2D eigenvalue weighted by molar-refractivity contribution is 0.317. The Balaban J connectivity index is 1.80. The van der Waals surface area contributed by atoms with Crippen LogP contribution in [0.5, 0.6) is 0 Å². The van der Waals surface area contributed by atoms with Gasteiger partial charge in [-0.2, -0.15) is 0 Å². The standard InChI is InChI=1S/C15H19ClN2S/c1-2-10-5-3-4-6-12(10)17-15-18-13-8-7-11(16)9-14(13)19-15/h7-10,12H,2-6H2,1H3,(H,17,18). The summed E-state index contributed by atoms with van der Waals surface area (Å²) in [6.45, 7) is 2.29. The molecule has 1 N–H and O–H groups in total. The van der Waals surface area contributed by atoms with Crippen molar-refractivity contribution >= 4 is 38.3 Å². The SMILES string of the molecule is CCC1CCCCC1Nc1nc2ccc(Cl)cc2s1. The van der Waals surface area contributed by atoms with E-state index in [-0.39, 0.29) is 0 Å². The molecule has 0 spiro atoms. The number of anilines is 1. The van der Waals surface area contributed by atoms with E-state index in [1.165, 1.54) is 36.8 Å². The zero-order chi connectivity index (χ0) is 13.2. The highest BCUT2D eigenvalue weighted by molar-refractivity contribution is 7.22. The maximum Gasteiger partial charge on any atom is 0.184 e. The zero-order valence-corrected chi connectivity index (χ0v) is 12.7. The minimum atomic E-state index is 0.592. The highest BCUT2D eigenvalue weighted by Crippen LogP contribution is 2.33. The van der Waals surface area contributed by atoms with Gasteiger partial charge in [0.15, 0.2) is 5.13 Å². The highest BCUT2D eigenvalue weighted by atomic mass is 35.5. The normalized spacial score (nSPS) is 23.7. The first kappa shape index (κ1) is 13.2. The fraction of sp³-hybridized carbons (Fsp3) is 0.533. The minimum Gasteiger partial charge on any atom is -0.358 e. The number of nitrogens with one attached hydrogen (secondary N) is 1. The second-order valence-corrected chi connectivity index (χ2v) is 6.80. The summed E-state index contributed by atoms with van der Waals surface area (Å²) >= 11 is 7.73. The summed E-state index contributed by atoms with van der Waals surface area (Å²) in [6.07, 6.45) is 6.60. The van der Waals surface area contributed by atoms with Crippen molar-refractivity contribution in [2.75, 3.05) is 5.32 Å². The summed E-state index contributed by atoms with van der Waals surface area (Å²) in [5.41, 5.74) is 1.04. The molecule has 2 nitrogen and oxygen atoms in total. The predicted octanol–water partition coefficient (Wildman–Crippen LogP) is 5.33. The van der Waals surface area contributed by atoms with Crippen molar-refractivity contribution in [2.24, 2.45) is 5.92 Å². The van der Waals surface area contributed by atoms with E-state index in [0.717, 1.165) is 21.6 Å². The molecule has 4 heteroatoms. The first-order valence-corrected chi connectivity index (χ1v) is 8.28. The van der Waals surface area contributed by atoms with Gasteiger partial charge in [-0.3, -0.25) is 0 Å². The Labute approximate surface area is 123 Å². The summed E-state index contributed by atoms with van der Waals surface area (Å²) < 4.78 is 1.17. The lowest BCUT2D eigenvalue weighted by Crippen LogP contribution is -2.31. The Bertz CT molecular complexity index is 566. The monoisotopic (exact) mass is 294 g/mol.